The second-order valence-electron chi connectivity index (χ2n) is 5.65. The van der Waals surface area contributed by atoms with Crippen LogP contribution in [-0.2, 0) is 4.74 Å². The van der Waals surface area contributed by atoms with Crippen molar-refractivity contribution < 1.29 is 19.7 Å². The topological polar surface area (TPSA) is 70.0 Å². The van der Waals surface area contributed by atoms with Crippen LogP contribution in [0.1, 0.15) is 33.6 Å². The SMILES string of the molecule is CC(C)(C)N(CC1CC[C@@H](CO)CO1)C(=O)O. The molecule has 0 aromatic rings. The first-order valence-electron chi connectivity index (χ1n) is 6.07. The van der Waals surface area contributed by atoms with Gasteiger partial charge in [-0.1, -0.05) is 0 Å². The summed E-state index contributed by atoms with van der Waals surface area (Å²) in [7, 11) is 0. The van der Waals surface area contributed by atoms with Crippen LogP contribution >= 0.6 is 0 Å². The minimum Gasteiger partial charge on any atom is -0.465 e. The van der Waals surface area contributed by atoms with Gasteiger partial charge >= 0.3 is 6.09 Å². The molecule has 1 fully saturated rings. The second-order valence-corrected chi connectivity index (χ2v) is 5.65. The predicted molar refractivity (Wildman–Crippen MR) is 64.0 cm³/mol. The third-order valence-corrected chi connectivity index (χ3v) is 3.15. The highest BCUT2D eigenvalue weighted by Gasteiger charge is 2.31. The number of hydrogen-bond acceptors (Lipinski definition) is 3. The smallest absolute Gasteiger partial charge is 0.407 e. The van der Waals surface area contributed by atoms with Crippen molar-refractivity contribution in [3.63, 3.8) is 0 Å². The Kier molecular flexibility index (Phi) is 4.77. The molecule has 1 unspecified atom stereocenters. The van der Waals surface area contributed by atoms with Gasteiger partial charge in [-0.25, -0.2) is 4.79 Å². The molecule has 1 aliphatic heterocycles. The molecule has 0 spiro atoms. The van der Waals surface area contributed by atoms with Crippen LogP contribution in [0.25, 0.3) is 0 Å². The molecular formula is C12H23NO4. The van der Waals surface area contributed by atoms with Crippen molar-refractivity contribution in [2.24, 2.45) is 5.92 Å². The lowest BCUT2D eigenvalue weighted by Gasteiger charge is -2.37. The van der Waals surface area contributed by atoms with E-state index in [0.717, 1.165) is 12.8 Å². The first-order chi connectivity index (χ1) is 7.84. The number of aliphatic hydroxyl groups excluding tert-OH is 1. The zero-order valence-electron chi connectivity index (χ0n) is 10.8. The Balaban J connectivity index is 2.50. The highest BCUT2D eigenvalue weighted by Crippen LogP contribution is 2.22. The van der Waals surface area contributed by atoms with Crippen LogP contribution in [0.5, 0.6) is 0 Å². The fraction of sp³-hybridized carbons (Fsp3) is 0.917. The summed E-state index contributed by atoms with van der Waals surface area (Å²) in [5.74, 6) is 0.208. The molecule has 5 heteroatoms. The molecular weight excluding hydrogens is 222 g/mol. The zero-order valence-corrected chi connectivity index (χ0v) is 10.8. The molecule has 1 heterocycles. The van der Waals surface area contributed by atoms with Gasteiger partial charge in [-0.05, 0) is 33.6 Å². The van der Waals surface area contributed by atoms with Gasteiger partial charge in [0.1, 0.15) is 0 Å². The van der Waals surface area contributed by atoms with E-state index in [1.54, 1.807) is 0 Å². The minimum absolute atomic E-state index is 0.0480. The Morgan fingerprint density at radius 1 is 1.41 bits per heavy atom. The van der Waals surface area contributed by atoms with Gasteiger partial charge < -0.3 is 19.8 Å². The molecule has 0 aliphatic carbocycles. The van der Waals surface area contributed by atoms with Gasteiger partial charge in [-0.15, -0.1) is 0 Å². The molecule has 1 saturated heterocycles. The van der Waals surface area contributed by atoms with E-state index in [4.69, 9.17) is 14.9 Å². The Hall–Kier alpha value is -0.810. The summed E-state index contributed by atoms with van der Waals surface area (Å²) in [6.07, 6.45) is 0.752. The Labute approximate surface area is 102 Å². The molecule has 0 aromatic carbocycles. The van der Waals surface area contributed by atoms with Crippen LogP contribution < -0.4 is 0 Å². The zero-order chi connectivity index (χ0) is 13.1. The van der Waals surface area contributed by atoms with Gasteiger partial charge in [-0.2, -0.15) is 0 Å². The number of amides is 1. The van der Waals surface area contributed by atoms with Crippen molar-refractivity contribution in [2.45, 2.75) is 45.3 Å². The predicted octanol–water partition coefficient (Wildman–Crippen LogP) is 1.55. The summed E-state index contributed by atoms with van der Waals surface area (Å²) in [4.78, 5) is 12.6. The molecule has 17 heavy (non-hydrogen) atoms. The van der Waals surface area contributed by atoms with Gasteiger partial charge in [0.25, 0.3) is 0 Å². The summed E-state index contributed by atoms with van der Waals surface area (Å²) in [6.45, 7) is 6.70. The van der Waals surface area contributed by atoms with Crippen molar-refractivity contribution >= 4 is 6.09 Å². The Morgan fingerprint density at radius 3 is 2.41 bits per heavy atom. The summed E-state index contributed by atoms with van der Waals surface area (Å²) in [6, 6.07) is 0. The van der Waals surface area contributed by atoms with E-state index >= 15 is 0 Å². The monoisotopic (exact) mass is 245 g/mol. The lowest BCUT2D eigenvalue weighted by Crippen LogP contribution is -2.50. The van der Waals surface area contributed by atoms with E-state index in [2.05, 4.69) is 0 Å². The van der Waals surface area contributed by atoms with Crippen LogP contribution in [0.15, 0.2) is 0 Å². The van der Waals surface area contributed by atoms with Gasteiger partial charge in [0.2, 0.25) is 0 Å². The Morgan fingerprint density at radius 2 is 2.06 bits per heavy atom. The third kappa shape index (κ3) is 4.16. The van der Waals surface area contributed by atoms with Crippen LogP contribution in [0.3, 0.4) is 0 Å². The van der Waals surface area contributed by atoms with E-state index in [0.29, 0.717) is 13.2 Å². The van der Waals surface area contributed by atoms with Gasteiger partial charge in [0, 0.05) is 18.1 Å². The first-order valence-corrected chi connectivity index (χ1v) is 6.07. The number of aliphatic hydroxyl groups is 1. The molecule has 0 radical (unpaired) electrons. The van der Waals surface area contributed by atoms with Crippen LogP contribution in [-0.4, -0.2) is 52.6 Å². The fourth-order valence-electron chi connectivity index (χ4n) is 1.99. The molecule has 100 valence electrons. The van der Waals surface area contributed by atoms with Crippen molar-refractivity contribution in [2.75, 3.05) is 19.8 Å². The maximum Gasteiger partial charge on any atom is 0.407 e. The molecule has 0 aromatic heterocycles. The molecule has 1 rings (SSSR count). The fourth-order valence-corrected chi connectivity index (χ4v) is 1.99. The maximum atomic E-state index is 11.2. The van der Waals surface area contributed by atoms with Crippen molar-refractivity contribution in [1.82, 2.24) is 4.90 Å². The average molecular weight is 245 g/mol. The second kappa shape index (κ2) is 5.69. The number of carboxylic acid groups (broad SMARTS) is 1. The maximum absolute atomic E-state index is 11.2. The van der Waals surface area contributed by atoms with Gasteiger partial charge in [-0.3, -0.25) is 0 Å². The van der Waals surface area contributed by atoms with Crippen LogP contribution in [0.4, 0.5) is 4.79 Å². The number of carbonyl (C=O) groups is 1. The van der Waals surface area contributed by atoms with Gasteiger partial charge in [0.05, 0.1) is 19.3 Å². The standard InChI is InChI=1S/C12H23NO4/c1-12(2,3)13(11(15)16)6-10-5-4-9(7-14)8-17-10/h9-10,14H,4-8H2,1-3H3,(H,15,16)/t9-,10?/m0/s1. The van der Waals surface area contributed by atoms with Crippen LogP contribution in [0, 0.1) is 5.92 Å². The van der Waals surface area contributed by atoms with Crippen molar-refractivity contribution in [3.8, 4) is 0 Å². The van der Waals surface area contributed by atoms with Crippen LogP contribution in [0.2, 0.25) is 0 Å². The minimum atomic E-state index is -0.912. The number of hydrogen-bond donors (Lipinski definition) is 2. The summed E-state index contributed by atoms with van der Waals surface area (Å²) in [5.41, 5.74) is -0.414. The van der Waals surface area contributed by atoms with E-state index in [-0.39, 0.29) is 18.6 Å². The Bertz CT molecular complexity index is 254. The van der Waals surface area contributed by atoms with E-state index in [9.17, 15) is 4.79 Å². The first kappa shape index (κ1) is 14.3. The summed E-state index contributed by atoms with van der Waals surface area (Å²) in [5, 5.41) is 18.2. The molecule has 0 bridgehead atoms. The number of rotatable bonds is 3. The van der Waals surface area contributed by atoms with Crippen molar-refractivity contribution in [3.05, 3.63) is 0 Å². The molecule has 1 aliphatic rings. The van der Waals surface area contributed by atoms with Crippen molar-refractivity contribution in [1.29, 1.82) is 0 Å². The summed E-state index contributed by atoms with van der Waals surface area (Å²) >= 11 is 0. The van der Waals surface area contributed by atoms with E-state index < -0.39 is 11.6 Å². The molecule has 0 saturated carbocycles. The highest BCUT2D eigenvalue weighted by atomic mass is 16.5. The summed E-state index contributed by atoms with van der Waals surface area (Å²) < 4.78 is 5.59. The van der Waals surface area contributed by atoms with Gasteiger partial charge in [0.15, 0.2) is 0 Å². The van der Waals surface area contributed by atoms with E-state index in [1.165, 1.54) is 4.90 Å². The third-order valence-electron chi connectivity index (χ3n) is 3.15. The molecule has 2 N–H and O–H groups in total. The van der Waals surface area contributed by atoms with E-state index in [1.807, 2.05) is 20.8 Å². The molecule has 5 nitrogen and oxygen atoms in total. The number of nitrogens with zero attached hydrogens (tertiary/aromatic N) is 1. The largest absolute Gasteiger partial charge is 0.465 e. The number of ether oxygens (including phenoxy) is 1. The average Bonchev–Trinajstić information content (AvgIpc) is 2.24. The quantitative estimate of drug-likeness (QED) is 0.791. The lowest BCUT2D eigenvalue weighted by atomic mass is 9.98. The lowest BCUT2D eigenvalue weighted by molar-refractivity contribution is -0.0506. The molecule has 1 amide bonds. The highest BCUT2D eigenvalue weighted by molar-refractivity contribution is 5.66. The normalized spacial score (nSPS) is 25.6. The molecule has 2 atom stereocenters.